The topological polar surface area (TPSA) is 79.9 Å². The number of carbonyl (C=O) groups is 2. The molecule has 158 valence electrons. The van der Waals surface area contributed by atoms with Gasteiger partial charge < -0.3 is 20.1 Å². The van der Waals surface area contributed by atoms with Gasteiger partial charge in [-0.1, -0.05) is 18.6 Å². The van der Waals surface area contributed by atoms with Crippen LogP contribution >= 0.6 is 0 Å². The van der Waals surface area contributed by atoms with Crippen LogP contribution in [0.15, 0.2) is 42.5 Å². The van der Waals surface area contributed by atoms with Gasteiger partial charge in [0, 0.05) is 12.1 Å². The Morgan fingerprint density at radius 1 is 1.17 bits per heavy atom. The molecule has 1 fully saturated rings. The van der Waals surface area contributed by atoms with E-state index in [1.165, 1.54) is 0 Å². The van der Waals surface area contributed by atoms with E-state index in [-0.39, 0.29) is 24.4 Å². The van der Waals surface area contributed by atoms with Crippen molar-refractivity contribution in [2.24, 2.45) is 0 Å². The molecule has 2 heterocycles. The van der Waals surface area contributed by atoms with E-state index in [2.05, 4.69) is 10.6 Å². The van der Waals surface area contributed by atoms with E-state index in [0.717, 1.165) is 49.2 Å². The maximum absolute atomic E-state index is 13.0. The van der Waals surface area contributed by atoms with Gasteiger partial charge in [-0.25, -0.2) is 0 Å². The molecule has 30 heavy (non-hydrogen) atoms. The van der Waals surface area contributed by atoms with Gasteiger partial charge in [-0.3, -0.25) is 14.5 Å². The number of hydrogen-bond acceptors (Lipinski definition) is 5. The molecule has 0 unspecified atom stereocenters. The molecule has 0 aromatic heterocycles. The van der Waals surface area contributed by atoms with E-state index in [1.54, 1.807) is 19.2 Å². The molecule has 0 aliphatic carbocycles. The minimum absolute atomic E-state index is 0.0707. The molecule has 7 heteroatoms. The van der Waals surface area contributed by atoms with Crippen LogP contribution in [0.1, 0.15) is 24.8 Å². The highest BCUT2D eigenvalue weighted by molar-refractivity contribution is 5.97. The number of carbonyl (C=O) groups excluding carboxylic acids is 2. The number of nitrogens with zero attached hydrogens (tertiary/aromatic N) is 1. The van der Waals surface area contributed by atoms with E-state index in [0.29, 0.717) is 18.0 Å². The molecule has 2 aromatic rings. The Balaban J connectivity index is 1.39. The molecule has 2 aromatic carbocycles. The average Bonchev–Trinajstić information content (AvgIpc) is 3.22. The Hall–Kier alpha value is -3.06. The summed E-state index contributed by atoms with van der Waals surface area (Å²) in [4.78, 5) is 27.6. The third-order valence-corrected chi connectivity index (χ3v) is 5.60. The molecule has 2 aliphatic heterocycles. The second-order valence-electron chi connectivity index (χ2n) is 7.64. The molecular formula is C23H27N3O4. The van der Waals surface area contributed by atoms with Crippen LogP contribution in [0.25, 0.3) is 0 Å². The number of ether oxygens (including phenoxy) is 2. The normalized spacial score (nSPS) is 18.2. The first-order valence-corrected chi connectivity index (χ1v) is 10.4. The number of rotatable bonds is 6. The minimum atomic E-state index is -0.327. The third kappa shape index (κ3) is 4.57. The predicted molar refractivity (Wildman–Crippen MR) is 115 cm³/mol. The SMILES string of the molecule is COc1ccccc1NC(=O)CN1CCCC[C@H]1C(=O)Nc1ccc2c(c1)CCO2. The van der Waals surface area contributed by atoms with Crippen molar-refractivity contribution in [2.75, 3.05) is 37.4 Å². The van der Waals surface area contributed by atoms with Crippen molar-refractivity contribution < 1.29 is 19.1 Å². The summed E-state index contributed by atoms with van der Waals surface area (Å²) < 4.78 is 10.8. The van der Waals surface area contributed by atoms with E-state index >= 15 is 0 Å². The van der Waals surface area contributed by atoms with Crippen LogP contribution in [-0.2, 0) is 16.0 Å². The fraction of sp³-hybridized carbons (Fsp3) is 0.391. The summed E-state index contributed by atoms with van der Waals surface area (Å²) in [5.74, 6) is 1.27. The minimum Gasteiger partial charge on any atom is -0.495 e. The summed E-state index contributed by atoms with van der Waals surface area (Å²) in [5, 5.41) is 5.92. The molecule has 2 N–H and O–H groups in total. The number of para-hydroxylation sites is 2. The van der Waals surface area contributed by atoms with Crippen molar-refractivity contribution in [1.82, 2.24) is 4.90 Å². The molecule has 7 nitrogen and oxygen atoms in total. The summed E-state index contributed by atoms with van der Waals surface area (Å²) >= 11 is 0. The van der Waals surface area contributed by atoms with Crippen molar-refractivity contribution in [3.05, 3.63) is 48.0 Å². The number of amides is 2. The van der Waals surface area contributed by atoms with Crippen LogP contribution in [0.5, 0.6) is 11.5 Å². The molecular weight excluding hydrogens is 382 g/mol. The first-order valence-electron chi connectivity index (χ1n) is 10.4. The van der Waals surface area contributed by atoms with Crippen LogP contribution in [0.4, 0.5) is 11.4 Å². The second kappa shape index (κ2) is 9.17. The zero-order valence-corrected chi connectivity index (χ0v) is 17.1. The Morgan fingerprint density at radius 2 is 2.03 bits per heavy atom. The van der Waals surface area contributed by atoms with Crippen molar-refractivity contribution >= 4 is 23.2 Å². The first-order chi connectivity index (χ1) is 14.6. The highest BCUT2D eigenvalue weighted by Crippen LogP contribution is 2.28. The zero-order chi connectivity index (χ0) is 20.9. The Labute approximate surface area is 176 Å². The lowest BCUT2D eigenvalue weighted by Gasteiger charge is -2.34. The lowest BCUT2D eigenvalue weighted by Crippen LogP contribution is -2.49. The summed E-state index contributed by atoms with van der Waals surface area (Å²) in [6.45, 7) is 1.56. The molecule has 1 atom stereocenters. The summed E-state index contributed by atoms with van der Waals surface area (Å²) in [6, 6.07) is 12.7. The van der Waals surface area contributed by atoms with Gasteiger partial charge >= 0.3 is 0 Å². The van der Waals surface area contributed by atoms with E-state index in [4.69, 9.17) is 9.47 Å². The fourth-order valence-corrected chi connectivity index (χ4v) is 4.09. The zero-order valence-electron chi connectivity index (χ0n) is 17.1. The quantitative estimate of drug-likeness (QED) is 0.767. The largest absolute Gasteiger partial charge is 0.495 e. The second-order valence-corrected chi connectivity index (χ2v) is 7.64. The van der Waals surface area contributed by atoms with E-state index in [1.807, 2.05) is 35.2 Å². The van der Waals surface area contributed by atoms with Gasteiger partial charge in [0.15, 0.2) is 0 Å². The number of methoxy groups -OCH3 is 1. The Morgan fingerprint density at radius 3 is 2.90 bits per heavy atom. The van der Waals surface area contributed by atoms with Gasteiger partial charge in [-0.05, 0) is 55.3 Å². The lowest BCUT2D eigenvalue weighted by molar-refractivity contribution is -0.124. The van der Waals surface area contributed by atoms with Crippen molar-refractivity contribution in [1.29, 1.82) is 0 Å². The predicted octanol–water partition coefficient (Wildman–Crippen LogP) is 3.06. The number of piperidine rings is 1. The van der Waals surface area contributed by atoms with Crippen molar-refractivity contribution in [2.45, 2.75) is 31.7 Å². The maximum atomic E-state index is 13.0. The molecule has 0 radical (unpaired) electrons. The summed E-state index contributed by atoms with van der Waals surface area (Å²) in [5.41, 5.74) is 2.51. The number of nitrogens with one attached hydrogen (secondary N) is 2. The van der Waals surface area contributed by atoms with Crippen LogP contribution < -0.4 is 20.1 Å². The molecule has 2 aliphatic rings. The van der Waals surface area contributed by atoms with Crippen molar-refractivity contribution in [3.8, 4) is 11.5 Å². The van der Waals surface area contributed by atoms with Crippen LogP contribution in [0.2, 0.25) is 0 Å². The summed E-state index contributed by atoms with van der Waals surface area (Å²) in [7, 11) is 1.57. The molecule has 2 amide bonds. The van der Waals surface area contributed by atoms with Crippen LogP contribution in [0.3, 0.4) is 0 Å². The molecule has 0 spiro atoms. The van der Waals surface area contributed by atoms with Gasteiger partial charge in [0.2, 0.25) is 11.8 Å². The van der Waals surface area contributed by atoms with Crippen molar-refractivity contribution in [3.63, 3.8) is 0 Å². The lowest BCUT2D eigenvalue weighted by atomic mass is 10.0. The van der Waals surface area contributed by atoms with Gasteiger partial charge in [0.05, 0.1) is 32.0 Å². The van der Waals surface area contributed by atoms with Gasteiger partial charge in [-0.15, -0.1) is 0 Å². The average molecular weight is 409 g/mol. The summed E-state index contributed by atoms with van der Waals surface area (Å²) in [6.07, 6.45) is 3.54. The van der Waals surface area contributed by atoms with E-state index < -0.39 is 0 Å². The van der Waals surface area contributed by atoms with Gasteiger partial charge in [-0.2, -0.15) is 0 Å². The van der Waals surface area contributed by atoms with Crippen LogP contribution in [0, 0.1) is 0 Å². The smallest absolute Gasteiger partial charge is 0.241 e. The Bertz CT molecular complexity index is 930. The molecule has 1 saturated heterocycles. The monoisotopic (exact) mass is 409 g/mol. The number of anilines is 2. The standard InChI is InChI=1S/C23H27N3O4/c1-29-21-8-3-2-6-18(21)25-22(27)15-26-12-5-4-7-19(26)23(28)24-17-9-10-20-16(14-17)11-13-30-20/h2-3,6,8-10,14,19H,4-5,7,11-13,15H2,1H3,(H,24,28)(H,25,27)/t19-/m0/s1. The fourth-order valence-electron chi connectivity index (χ4n) is 4.09. The highest BCUT2D eigenvalue weighted by Gasteiger charge is 2.30. The molecule has 4 rings (SSSR count). The molecule has 0 bridgehead atoms. The number of hydrogen-bond donors (Lipinski definition) is 2. The Kier molecular flexibility index (Phi) is 6.18. The highest BCUT2D eigenvalue weighted by atomic mass is 16.5. The molecule has 0 saturated carbocycles. The van der Waals surface area contributed by atoms with Crippen LogP contribution in [-0.4, -0.2) is 49.6 Å². The first kappa shape index (κ1) is 20.2. The third-order valence-electron chi connectivity index (χ3n) is 5.60. The number of fused-ring (bicyclic) bond motifs is 1. The van der Waals surface area contributed by atoms with Gasteiger partial charge in [0.1, 0.15) is 11.5 Å². The number of likely N-dealkylation sites (tertiary alicyclic amines) is 1. The number of benzene rings is 2. The maximum Gasteiger partial charge on any atom is 0.241 e. The van der Waals surface area contributed by atoms with Gasteiger partial charge in [0.25, 0.3) is 0 Å². The van der Waals surface area contributed by atoms with E-state index in [9.17, 15) is 9.59 Å².